The number of carbonyl (C=O) groups excluding carboxylic acids is 2. The Bertz CT molecular complexity index is 1810. The van der Waals surface area contributed by atoms with Crippen molar-refractivity contribution in [1.82, 2.24) is 10.2 Å². The van der Waals surface area contributed by atoms with Crippen LogP contribution in [0.2, 0.25) is 10.0 Å². The highest BCUT2D eigenvalue weighted by Gasteiger charge is 2.37. The Morgan fingerprint density at radius 2 is 1.51 bits per heavy atom. The van der Waals surface area contributed by atoms with Crippen LogP contribution in [-0.2, 0) is 38.8 Å². The first-order chi connectivity index (χ1) is 22.2. The summed E-state index contributed by atoms with van der Waals surface area (Å²) in [6.45, 7) is 2.67. The van der Waals surface area contributed by atoms with E-state index in [1.807, 2.05) is 0 Å². The maximum atomic E-state index is 14.4. The van der Waals surface area contributed by atoms with Crippen molar-refractivity contribution < 1.29 is 31.2 Å². The van der Waals surface area contributed by atoms with Crippen molar-refractivity contribution >= 4 is 50.7 Å². The lowest BCUT2D eigenvalue weighted by Gasteiger charge is -2.34. The SMILES string of the molecule is CCNC(=O)[C@@H](Cc1ccccc1)N(Cc1ccc(Cl)cc1)C(=O)CN(c1ccc(Cl)c(C(F)(F)F)c1)S(=O)(=O)c1ccc(C)cc1. The lowest BCUT2D eigenvalue weighted by molar-refractivity contribution is -0.140. The van der Waals surface area contributed by atoms with Gasteiger partial charge in [0.1, 0.15) is 12.6 Å². The van der Waals surface area contributed by atoms with E-state index in [0.29, 0.717) is 21.0 Å². The van der Waals surface area contributed by atoms with E-state index < -0.39 is 56.9 Å². The predicted molar refractivity (Wildman–Crippen MR) is 177 cm³/mol. The van der Waals surface area contributed by atoms with Crippen molar-refractivity contribution in [2.45, 2.75) is 43.9 Å². The summed E-state index contributed by atoms with van der Waals surface area (Å²) in [5.41, 5.74) is 0.366. The number of hydrogen-bond acceptors (Lipinski definition) is 4. The molecule has 0 radical (unpaired) electrons. The summed E-state index contributed by atoms with van der Waals surface area (Å²) in [5.74, 6) is -1.32. The Labute approximate surface area is 282 Å². The summed E-state index contributed by atoms with van der Waals surface area (Å²) in [6, 6.07) is 22.7. The maximum absolute atomic E-state index is 14.4. The van der Waals surface area contributed by atoms with Gasteiger partial charge < -0.3 is 10.2 Å². The average Bonchev–Trinajstić information content (AvgIpc) is 3.03. The van der Waals surface area contributed by atoms with Crippen LogP contribution in [0.5, 0.6) is 0 Å². The third-order valence-corrected chi connectivity index (χ3v) is 9.69. The van der Waals surface area contributed by atoms with Crippen molar-refractivity contribution in [2.75, 3.05) is 17.4 Å². The Hall–Kier alpha value is -4.06. The van der Waals surface area contributed by atoms with E-state index in [1.54, 1.807) is 68.4 Å². The largest absolute Gasteiger partial charge is 0.417 e. The number of carbonyl (C=O) groups is 2. The number of likely N-dealkylation sites (N-methyl/N-ethyl adjacent to an activating group) is 1. The molecule has 0 spiro atoms. The highest BCUT2D eigenvalue weighted by molar-refractivity contribution is 7.92. The van der Waals surface area contributed by atoms with Gasteiger partial charge in [0.25, 0.3) is 10.0 Å². The average molecular weight is 707 g/mol. The molecule has 4 aromatic carbocycles. The molecule has 13 heteroatoms. The standard InChI is InChI=1S/C34H32Cl2F3N3O4S/c1-3-40-33(44)31(19-24-7-5-4-6-8-24)41(21-25-11-13-26(35)14-12-25)32(43)22-42(47(45,46)28-16-9-23(2)10-17-28)27-15-18-30(36)29(20-27)34(37,38)39/h4-18,20,31H,3,19,21-22H2,1-2H3,(H,40,44)/t31-/m1/s1. The van der Waals surface area contributed by atoms with Crippen LogP contribution in [0.4, 0.5) is 18.9 Å². The van der Waals surface area contributed by atoms with E-state index in [-0.39, 0.29) is 24.4 Å². The predicted octanol–water partition coefficient (Wildman–Crippen LogP) is 7.29. The van der Waals surface area contributed by atoms with E-state index in [0.717, 1.165) is 23.3 Å². The normalized spacial score (nSPS) is 12.3. The first-order valence-electron chi connectivity index (χ1n) is 14.5. The molecule has 4 rings (SSSR count). The molecule has 2 amide bonds. The highest BCUT2D eigenvalue weighted by atomic mass is 35.5. The van der Waals surface area contributed by atoms with Gasteiger partial charge >= 0.3 is 6.18 Å². The summed E-state index contributed by atoms with van der Waals surface area (Å²) < 4.78 is 70.5. The van der Waals surface area contributed by atoms with Gasteiger partial charge in [-0.2, -0.15) is 13.2 Å². The van der Waals surface area contributed by atoms with Gasteiger partial charge in [0, 0.05) is 24.5 Å². The van der Waals surface area contributed by atoms with Gasteiger partial charge in [0.2, 0.25) is 11.8 Å². The fourth-order valence-corrected chi connectivity index (χ4v) is 6.64. The zero-order chi connectivity index (χ0) is 34.4. The van der Waals surface area contributed by atoms with Crippen LogP contribution in [0.25, 0.3) is 0 Å². The zero-order valence-electron chi connectivity index (χ0n) is 25.5. The Morgan fingerprint density at radius 3 is 2.11 bits per heavy atom. The smallest absolute Gasteiger partial charge is 0.355 e. The first-order valence-corrected chi connectivity index (χ1v) is 16.7. The lowest BCUT2D eigenvalue weighted by atomic mass is 10.0. The third kappa shape index (κ3) is 9.06. The second-order valence-corrected chi connectivity index (χ2v) is 13.4. The van der Waals surface area contributed by atoms with Crippen LogP contribution in [-0.4, -0.2) is 44.3 Å². The molecule has 0 saturated carbocycles. The number of benzene rings is 4. The number of sulfonamides is 1. The molecule has 0 bridgehead atoms. The number of anilines is 1. The number of nitrogens with one attached hydrogen (secondary N) is 1. The van der Waals surface area contributed by atoms with Crippen LogP contribution < -0.4 is 9.62 Å². The fourth-order valence-electron chi connectivity index (χ4n) is 4.88. The molecule has 0 aliphatic carbocycles. The van der Waals surface area contributed by atoms with Gasteiger partial charge in [-0.1, -0.05) is 83.4 Å². The molecule has 1 N–H and O–H groups in total. The van der Waals surface area contributed by atoms with Gasteiger partial charge in [-0.05, 0) is 67.4 Å². The van der Waals surface area contributed by atoms with Crippen LogP contribution in [0, 0.1) is 6.92 Å². The van der Waals surface area contributed by atoms with Crippen molar-refractivity contribution in [3.63, 3.8) is 0 Å². The number of hydrogen-bond donors (Lipinski definition) is 1. The van der Waals surface area contributed by atoms with Gasteiger partial charge in [-0.15, -0.1) is 0 Å². The van der Waals surface area contributed by atoms with Gasteiger partial charge in [0.05, 0.1) is 21.2 Å². The fraction of sp³-hybridized carbons (Fsp3) is 0.235. The minimum absolute atomic E-state index is 0.0792. The summed E-state index contributed by atoms with van der Waals surface area (Å²) in [6.07, 6.45) is -4.83. The van der Waals surface area contributed by atoms with E-state index in [4.69, 9.17) is 23.2 Å². The number of amides is 2. The Morgan fingerprint density at radius 1 is 0.872 bits per heavy atom. The monoisotopic (exact) mass is 705 g/mol. The number of nitrogens with zero attached hydrogens (tertiary/aromatic N) is 2. The number of aryl methyl sites for hydroxylation is 1. The van der Waals surface area contributed by atoms with E-state index in [2.05, 4.69) is 5.32 Å². The first kappa shape index (κ1) is 35.8. The molecule has 0 saturated heterocycles. The molecule has 47 heavy (non-hydrogen) atoms. The molecule has 248 valence electrons. The Balaban J connectivity index is 1.85. The second kappa shape index (κ2) is 15.2. The minimum atomic E-state index is -4.91. The van der Waals surface area contributed by atoms with Crippen LogP contribution >= 0.6 is 23.2 Å². The summed E-state index contributed by atoms with van der Waals surface area (Å²) in [7, 11) is -4.61. The van der Waals surface area contributed by atoms with Crippen molar-refractivity contribution in [3.8, 4) is 0 Å². The molecule has 0 unspecified atom stereocenters. The third-order valence-electron chi connectivity index (χ3n) is 7.32. The van der Waals surface area contributed by atoms with Crippen molar-refractivity contribution in [3.05, 3.63) is 129 Å². The van der Waals surface area contributed by atoms with Crippen LogP contribution in [0.15, 0.2) is 102 Å². The molecule has 7 nitrogen and oxygen atoms in total. The van der Waals surface area contributed by atoms with Crippen LogP contribution in [0.1, 0.15) is 29.2 Å². The van der Waals surface area contributed by atoms with Crippen molar-refractivity contribution in [1.29, 1.82) is 0 Å². The molecule has 4 aromatic rings. The van der Waals surface area contributed by atoms with Gasteiger partial charge in [-0.3, -0.25) is 13.9 Å². The molecular weight excluding hydrogens is 674 g/mol. The second-order valence-electron chi connectivity index (χ2n) is 10.7. The molecule has 0 aliphatic heterocycles. The molecule has 0 heterocycles. The van der Waals surface area contributed by atoms with E-state index in [9.17, 15) is 31.2 Å². The highest BCUT2D eigenvalue weighted by Crippen LogP contribution is 2.38. The Kier molecular flexibility index (Phi) is 11.6. The quantitative estimate of drug-likeness (QED) is 0.168. The molecule has 0 fully saturated rings. The van der Waals surface area contributed by atoms with Gasteiger partial charge in [-0.25, -0.2) is 8.42 Å². The molecule has 0 aromatic heterocycles. The zero-order valence-corrected chi connectivity index (χ0v) is 27.8. The van der Waals surface area contributed by atoms with Crippen molar-refractivity contribution in [2.24, 2.45) is 0 Å². The number of halogens is 5. The van der Waals surface area contributed by atoms with E-state index in [1.165, 1.54) is 29.2 Å². The molecule has 0 aliphatic rings. The molecule has 1 atom stereocenters. The summed E-state index contributed by atoms with van der Waals surface area (Å²) in [4.78, 5) is 28.9. The number of alkyl halides is 3. The summed E-state index contributed by atoms with van der Waals surface area (Å²) in [5, 5.41) is 2.55. The minimum Gasteiger partial charge on any atom is -0.355 e. The maximum Gasteiger partial charge on any atom is 0.417 e. The lowest BCUT2D eigenvalue weighted by Crippen LogP contribution is -2.53. The number of rotatable bonds is 12. The van der Waals surface area contributed by atoms with Gasteiger partial charge in [0.15, 0.2) is 0 Å². The molecular formula is C34H32Cl2F3N3O4S. The van der Waals surface area contributed by atoms with E-state index >= 15 is 0 Å². The van der Waals surface area contributed by atoms with Crippen LogP contribution in [0.3, 0.4) is 0 Å². The summed E-state index contributed by atoms with van der Waals surface area (Å²) >= 11 is 11.9. The topological polar surface area (TPSA) is 86.8 Å².